The van der Waals surface area contributed by atoms with E-state index < -0.39 is 10.0 Å². The number of carbonyl (C=O) groups is 1. The second-order valence-corrected chi connectivity index (χ2v) is 9.60. The topological polar surface area (TPSA) is 88.6 Å². The van der Waals surface area contributed by atoms with Gasteiger partial charge in [0, 0.05) is 29.7 Å². The van der Waals surface area contributed by atoms with Crippen LogP contribution >= 0.6 is 0 Å². The molecule has 1 atom stereocenters. The SMILES string of the molecule is CC1Cc2cc(C(=O)NCCCOc3cccc4cccnc34)ccc2N1S(C)(=O)=O. The number of benzene rings is 2. The summed E-state index contributed by atoms with van der Waals surface area (Å²) in [6.07, 6.45) is 4.19. The molecule has 0 radical (unpaired) electrons. The molecule has 2 aromatic carbocycles. The number of nitrogens with one attached hydrogen (secondary N) is 1. The number of para-hydroxylation sites is 1. The third-order valence-electron chi connectivity index (χ3n) is 5.31. The van der Waals surface area contributed by atoms with Gasteiger partial charge < -0.3 is 10.1 Å². The maximum Gasteiger partial charge on any atom is 0.251 e. The van der Waals surface area contributed by atoms with E-state index in [0.29, 0.717) is 37.2 Å². The third-order valence-corrected chi connectivity index (χ3v) is 6.58. The van der Waals surface area contributed by atoms with Crippen LogP contribution in [0, 0.1) is 0 Å². The van der Waals surface area contributed by atoms with Gasteiger partial charge in [-0.25, -0.2) is 8.42 Å². The lowest BCUT2D eigenvalue weighted by molar-refractivity contribution is 0.0951. The van der Waals surface area contributed by atoms with E-state index in [9.17, 15) is 13.2 Å². The molecule has 0 saturated heterocycles. The average Bonchev–Trinajstić information content (AvgIpc) is 3.08. The normalized spacial score (nSPS) is 15.7. The molecular formula is C23H25N3O4S. The van der Waals surface area contributed by atoms with Crippen molar-refractivity contribution >= 4 is 32.5 Å². The molecule has 3 aromatic rings. The molecule has 162 valence electrons. The minimum Gasteiger partial charge on any atom is -0.491 e. The van der Waals surface area contributed by atoms with Crippen molar-refractivity contribution in [2.75, 3.05) is 23.7 Å². The number of sulfonamides is 1. The molecule has 0 bridgehead atoms. The highest BCUT2D eigenvalue weighted by Gasteiger charge is 2.32. The first-order valence-electron chi connectivity index (χ1n) is 10.2. The van der Waals surface area contributed by atoms with E-state index in [-0.39, 0.29) is 11.9 Å². The van der Waals surface area contributed by atoms with Crippen molar-refractivity contribution in [3.05, 3.63) is 65.9 Å². The van der Waals surface area contributed by atoms with Gasteiger partial charge in [-0.1, -0.05) is 18.2 Å². The lowest BCUT2D eigenvalue weighted by atomic mass is 10.1. The van der Waals surface area contributed by atoms with E-state index in [1.54, 1.807) is 24.4 Å². The Morgan fingerprint density at radius 1 is 1.23 bits per heavy atom. The molecule has 31 heavy (non-hydrogen) atoms. The summed E-state index contributed by atoms with van der Waals surface area (Å²) in [5.41, 5.74) is 2.88. The molecule has 8 heteroatoms. The van der Waals surface area contributed by atoms with E-state index in [4.69, 9.17) is 4.74 Å². The Bertz CT molecular complexity index is 1220. The van der Waals surface area contributed by atoms with Crippen LogP contribution in [0.3, 0.4) is 0 Å². The van der Waals surface area contributed by atoms with E-state index >= 15 is 0 Å². The number of amides is 1. The lowest BCUT2D eigenvalue weighted by Gasteiger charge is -2.21. The Kier molecular flexibility index (Phi) is 5.82. The van der Waals surface area contributed by atoms with Crippen LogP contribution in [0.2, 0.25) is 0 Å². The fourth-order valence-corrected chi connectivity index (χ4v) is 5.26. The second-order valence-electron chi connectivity index (χ2n) is 7.74. The summed E-state index contributed by atoms with van der Waals surface area (Å²) in [5.74, 6) is 0.549. The number of ether oxygens (including phenoxy) is 1. The standard InChI is InChI=1S/C23H25N3O4S/c1-16-14-19-15-18(9-10-20(19)26(16)31(2,28)29)23(27)25-12-5-13-30-21-8-3-6-17-7-4-11-24-22(17)21/h3-4,6-11,15-16H,5,12-14H2,1-2H3,(H,25,27). The second kappa shape index (κ2) is 8.55. The third kappa shape index (κ3) is 4.49. The first-order chi connectivity index (χ1) is 14.8. The van der Waals surface area contributed by atoms with Crippen LogP contribution in [-0.4, -0.2) is 44.8 Å². The van der Waals surface area contributed by atoms with Gasteiger partial charge >= 0.3 is 0 Å². The Morgan fingerprint density at radius 3 is 2.84 bits per heavy atom. The van der Waals surface area contributed by atoms with Gasteiger partial charge in [0.1, 0.15) is 11.3 Å². The molecule has 2 heterocycles. The number of rotatable bonds is 7. The van der Waals surface area contributed by atoms with Gasteiger partial charge in [0.25, 0.3) is 5.91 Å². The Morgan fingerprint density at radius 2 is 2.03 bits per heavy atom. The summed E-state index contributed by atoms with van der Waals surface area (Å²) in [6, 6.07) is 14.7. The van der Waals surface area contributed by atoms with Gasteiger partial charge in [0.15, 0.2) is 0 Å². The Labute approximate surface area is 182 Å². The zero-order valence-electron chi connectivity index (χ0n) is 17.5. The number of anilines is 1. The van der Waals surface area contributed by atoms with Crippen LogP contribution in [0.15, 0.2) is 54.7 Å². The molecule has 1 aromatic heterocycles. The van der Waals surface area contributed by atoms with Crippen molar-refractivity contribution in [3.63, 3.8) is 0 Å². The largest absolute Gasteiger partial charge is 0.491 e. The molecule has 0 aliphatic carbocycles. The average molecular weight is 440 g/mol. The lowest BCUT2D eigenvalue weighted by Crippen LogP contribution is -2.34. The molecule has 0 spiro atoms. The van der Waals surface area contributed by atoms with E-state index in [1.807, 2.05) is 37.3 Å². The molecule has 4 rings (SSSR count). The fourth-order valence-electron chi connectivity index (χ4n) is 4.00. The van der Waals surface area contributed by atoms with E-state index in [1.165, 1.54) is 10.6 Å². The van der Waals surface area contributed by atoms with Crippen molar-refractivity contribution in [1.29, 1.82) is 0 Å². The summed E-state index contributed by atoms with van der Waals surface area (Å²) >= 11 is 0. The van der Waals surface area contributed by atoms with Crippen molar-refractivity contribution in [2.45, 2.75) is 25.8 Å². The minimum absolute atomic E-state index is 0.149. The van der Waals surface area contributed by atoms with Gasteiger partial charge in [0.05, 0.1) is 18.6 Å². The van der Waals surface area contributed by atoms with E-state index in [0.717, 1.165) is 22.2 Å². The quantitative estimate of drug-likeness (QED) is 0.572. The first kappa shape index (κ1) is 21.1. The smallest absolute Gasteiger partial charge is 0.251 e. The number of fused-ring (bicyclic) bond motifs is 2. The van der Waals surface area contributed by atoms with Crippen molar-refractivity contribution in [1.82, 2.24) is 10.3 Å². The summed E-state index contributed by atoms with van der Waals surface area (Å²) in [5, 5.41) is 3.92. The van der Waals surface area contributed by atoms with Crippen LogP contribution < -0.4 is 14.4 Å². The molecule has 1 aliphatic rings. The summed E-state index contributed by atoms with van der Waals surface area (Å²) in [7, 11) is -3.34. The van der Waals surface area contributed by atoms with Crippen LogP contribution in [-0.2, 0) is 16.4 Å². The summed E-state index contributed by atoms with van der Waals surface area (Å²) < 4.78 is 31.3. The highest BCUT2D eigenvalue weighted by molar-refractivity contribution is 7.92. The van der Waals surface area contributed by atoms with Crippen molar-refractivity contribution in [2.24, 2.45) is 0 Å². The molecule has 1 aliphatic heterocycles. The number of aromatic nitrogens is 1. The first-order valence-corrected chi connectivity index (χ1v) is 12.1. The van der Waals surface area contributed by atoms with Gasteiger partial charge in [-0.15, -0.1) is 0 Å². The fraction of sp³-hybridized carbons (Fsp3) is 0.304. The van der Waals surface area contributed by atoms with Crippen LogP contribution in [0.1, 0.15) is 29.3 Å². The van der Waals surface area contributed by atoms with Gasteiger partial charge in [-0.05, 0) is 55.7 Å². The molecular weight excluding hydrogens is 414 g/mol. The van der Waals surface area contributed by atoms with Crippen LogP contribution in [0.25, 0.3) is 10.9 Å². The number of hydrogen-bond donors (Lipinski definition) is 1. The molecule has 1 N–H and O–H groups in total. The van der Waals surface area contributed by atoms with Crippen LogP contribution in [0.5, 0.6) is 5.75 Å². The van der Waals surface area contributed by atoms with Crippen LogP contribution in [0.4, 0.5) is 5.69 Å². The number of hydrogen-bond acceptors (Lipinski definition) is 5. The predicted octanol–water partition coefficient (Wildman–Crippen LogP) is 3.14. The minimum atomic E-state index is -3.34. The molecule has 1 unspecified atom stereocenters. The molecule has 0 fully saturated rings. The zero-order chi connectivity index (χ0) is 22.0. The Balaban J connectivity index is 1.31. The van der Waals surface area contributed by atoms with Gasteiger partial charge in [-0.2, -0.15) is 0 Å². The highest BCUT2D eigenvalue weighted by Crippen LogP contribution is 2.34. The van der Waals surface area contributed by atoms with E-state index in [2.05, 4.69) is 10.3 Å². The predicted molar refractivity (Wildman–Crippen MR) is 121 cm³/mol. The molecule has 1 amide bonds. The highest BCUT2D eigenvalue weighted by atomic mass is 32.2. The number of carbonyl (C=O) groups excluding carboxylic acids is 1. The van der Waals surface area contributed by atoms with Gasteiger partial charge in [0.2, 0.25) is 10.0 Å². The Hall–Kier alpha value is -3.13. The maximum atomic E-state index is 12.5. The zero-order valence-corrected chi connectivity index (χ0v) is 18.4. The number of pyridine rings is 1. The molecule has 0 saturated carbocycles. The van der Waals surface area contributed by atoms with Gasteiger partial charge in [-0.3, -0.25) is 14.1 Å². The maximum absolute atomic E-state index is 12.5. The summed E-state index contributed by atoms with van der Waals surface area (Å²) in [6.45, 7) is 2.80. The van der Waals surface area contributed by atoms with Crippen molar-refractivity contribution in [3.8, 4) is 5.75 Å². The van der Waals surface area contributed by atoms with Crippen molar-refractivity contribution < 1.29 is 17.9 Å². The molecule has 7 nitrogen and oxygen atoms in total. The summed E-state index contributed by atoms with van der Waals surface area (Å²) in [4.78, 5) is 16.9. The number of nitrogens with zero attached hydrogens (tertiary/aromatic N) is 2. The monoisotopic (exact) mass is 439 g/mol.